The van der Waals surface area contributed by atoms with Gasteiger partial charge in [0.15, 0.2) is 11.7 Å². The molecule has 11 nitrogen and oxygen atoms in total. The van der Waals surface area contributed by atoms with Crippen molar-refractivity contribution in [3.8, 4) is 0 Å². The lowest BCUT2D eigenvalue weighted by Crippen LogP contribution is -2.65. The van der Waals surface area contributed by atoms with E-state index in [4.69, 9.17) is 10.7 Å². The summed E-state index contributed by atoms with van der Waals surface area (Å²) in [5.74, 6) is 2.79. The van der Waals surface area contributed by atoms with Gasteiger partial charge in [0.25, 0.3) is 0 Å². The number of guanidine groups is 1. The number of nitrogens with one attached hydrogen (secondary N) is 1. The quantitative estimate of drug-likeness (QED) is 0.0508. The SMILES string of the molecule is CC(O)NC(N)=NCC1CC2(C)C3CC(CSSCC(n4ccnc4)CC(C)(C)C4=C5CC6CCC7CCCC7(C6)C5C5=C6C(CCC5)CC3C(O)C64)C2(O)C2=CC(=O)C3CC(O)C(O)CC3(C)C21. The first-order valence-corrected chi connectivity index (χ1v) is 29.8. The molecule has 8 N–H and O–H groups in total. The van der Waals surface area contributed by atoms with Gasteiger partial charge in [0.05, 0.1) is 30.2 Å². The van der Waals surface area contributed by atoms with Gasteiger partial charge in [-0.15, -0.1) is 0 Å². The van der Waals surface area contributed by atoms with Crippen molar-refractivity contribution in [2.75, 3.05) is 18.1 Å². The molecule has 20 atom stereocenters. The van der Waals surface area contributed by atoms with Crippen LogP contribution >= 0.6 is 21.6 Å². The average Bonchev–Trinajstić information content (AvgIpc) is 4.03. The van der Waals surface area contributed by atoms with Crippen LogP contribution in [-0.4, -0.2) is 95.0 Å². The molecule has 6 bridgehead atoms. The lowest BCUT2D eigenvalue weighted by molar-refractivity contribution is -0.171. The summed E-state index contributed by atoms with van der Waals surface area (Å²) in [5.41, 5.74) is 11.2. The summed E-state index contributed by atoms with van der Waals surface area (Å²) in [4.78, 5) is 24.2. The number of aliphatic hydroxyl groups is 5. The molecule has 0 radical (unpaired) electrons. The first-order valence-electron chi connectivity index (χ1n) is 27.3. The number of carbonyl (C=O) groups excluding carboxylic acids is 1. The molecule has 0 aromatic carbocycles. The average molecular weight is 984 g/mol. The van der Waals surface area contributed by atoms with Crippen LogP contribution < -0.4 is 11.1 Å². The first-order chi connectivity index (χ1) is 32.9. The fraction of sp³-hybridized carbons (Fsp3) is 0.804. The predicted octanol–water partition coefficient (Wildman–Crippen LogP) is 8.15. The maximum absolute atomic E-state index is 14.8. The Morgan fingerprint density at radius 3 is 2.57 bits per heavy atom. The standard InChI is InChI=1S/C56H81N5O6S2/c1-29(62)60-51(57)59-25-32-22-54(5)39-18-34(56(54,67)41-20-42(63)40-19-43(64)44(65)24-53(40,4)47(32)41)26-68-69-27-35(61-15-14-58-28-61)23-52(2,3)49-38-16-30-11-12-33-9-7-13-55(33,21-30)48(38)36-10-6-8-31-17-37(39)50(66)46(49)45(31)36/h14-15,20,28-35,37,39-40,43-44,46-48,50,62,64-67H,6-13,16-19,21-27H2,1-5H3,(H3,57,59,60). The summed E-state index contributed by atoms with van der Waals surface area (Å²) in [6.07, 6.45) is 20.9. The number of aliphatic imine (C=N–C) groups is 1. The Kier molecular flexibility index (Phi) is 11.8. The number of aromatic nitrogens is 2. The largest absolute Gasteiger partial charge is 0.392 e. The van der Waals surface area contributed by atoms with Gasteiger partial charge in [-0.1, -0.05) is 78.0 Å². The number of hydrogen-bond acceptors (Lipinski definition) is 10. The van der Waals surface area contributed by atoms with Gasteiger partial charge in [0, 0.05) is 65.6 Å². The van der Waals surface area contributed by atoms with Gasteiger partial charge in [-0.2, -0.15) is 0 Å². The molecule has 1 aliphatic heterocycles. The van der Waals surface area contributed by atoms with Gasteiger partial charge in [0.1, 0.15) is 6.23 Å². The molecule has 13 heteroatoms. The third-order valence-corrected chi connectivity index (χ3v) is 24.9. The Morgan fingerprint density at radius 1 is 0.971 bits per heavy atom. The Morgan fingerprint density at radius 2 is 1.78 bits per heavy atom. The molecule has 2 heterocycles. The second-order valence-corrected chi connectivity index (χ2v) is 28.7. The van der Waals surface area contributed by atoms with Crippen molar-refractivity contribution in [2.45, 2.75) is 174 Å². The second kappa shape index (κ2) is 17.0. The molecule has 7 saturated carbocycles. The summed E-state index contributed by atoms with van der Waals surface area (Å²) in [7, 11) is 3.77. The Bertz CT molecular complexity index is 2350. The Labute approximate surface area is 418 Å². The van der Waals surface area contributed by atoms with Crippen LogP contribution in [0.2, 0.25) is 0 Å². The molecule has 12 rings (SSSR count). The van der Waals surface area contributed by atoms with Gasteiger partial charge >= 0.3 is 0 Å². The number of nitrogens with zero attached hydrogens (tertiary/aromatic N) is 3. The second-order valence-electron chi connectivity index (χ2n) is 26.2. The zero-order valence-corrected chi connectivity index (χ0v) is 43.5. The molecule has 1 spiro atoms. The normalized spacial score (nSPS) is 49.4. The summed E-state index contributed by atoms with van der Waals surface area (Å²) < 4.78 is 2.33. The minimum Gasteiger partial charge on any atom is -0.392 e. The predicted molar refractivity (Wildman–Crippen MR) is 272 cm³/mol. The Balaban J connectivity index is 1.04. The van der Waals surface area contributed by atoms with Crippen LogP contribution in [0.25, 0.3) is 0 Å². The van der Waals surface area contributed by atoms with E-state index in [2.05, 4.69) is 48.8 Å². The summed E-state index contributed by atoms with van der Waals surface area (Å²) in [6, 6.07) is 0.188. The maximum atomic E-state index is 14.8. The molecule has 1 aromatic rings. The maximum Gasteiger partial charge on any atom is 0.190 e. The zero-order chi connectivity index (χ0) is 48.2. The van der Waals surface area contributed by atoms with E-state index in [9.17, 15) is 30.3 Å². The first kappa shape index (κ1) is 47.8. The van der Waals surface area contributed by atoms with Crippen molar-refractivity contribution in [2.24, 2.45) is 97.5 Å². The van der Waals surface area contributed by atoms with Gasteiger partial charge in [0.2, 0.25) is 0 Å². The van der Waals surface area contributed by atoms with Gasteiger partial charge in [-0.3, -0.25) is 9.79 Å². The van der Waals surface area contributed by atoms with Crippen molar-refractivity contribution >= 4 is 33.3 Å². The van der Waals surface area contributed by atoms with Gasteiger partial charge in [-0.05, 0) is 173 Å². The van der Waals surface area contributed by atoms with Crippen molar-refractivity contribution in [1.29, 1.82) is 0 Å². The molecule has 69 heavy (non-hydrogen) atoms. The number of nitrogens with two attached hydrogens (primary N) is 1. The van der Waals surface area contributed by atoms with Crippen LogP contribution in [0.1, 0.15) is 143 Å². The van der Waals surface area contributed by atoms with E-state index in [1.807, 2.05) is 34.1 Å². The highest BCUT2D eigenvalue weighted by Crippen LogP contribution is 2.75. The smallest absolute Gasteiger partial charge is 0.190 e. The van der Waals surface area contributed by atoms with Gasteiger partial charge < -0.3 is 41.2 Å². The number of ketones is 1. The summed E-state index contributed by atoms with van der Waals surface area (Å²) in [6.45, 7) is 11.4. The van der Waals surface area contributed by atoms with E-state index in [0.29, 0.717) is 41.9 Å². The van der Waals surface area contributed by atoms with Gasteiger partial charge in [-0.25, -0.2) is 4.98 Å². The van der Waals surface area contributed by atoms with Crippen LogP contribution in [0.5, 0.6) is 0 Å². The highest BCUT2D eigenvalue weighted by Gasteiger charge is 2.73. The number of aliphatic hydroxyl groups excluding tert-OH is 4. The Hall–Kier alpha value is -2.13. The van der Waals surface area contributed by atoms with Crippen molar-refractivity contribution in [1.82, 2.24) is 14.9 Å². The van der Waals surface area contributed by atoms with Crippen molar-refractivity contribution in [3.05, 3.63) is 52.7 Å². The van der Waals surface area contributed by atoms with Crippen molar-refractivity contribution in [3.63, 3.8) is 0 Å². The lowest BCUT2D eigenvalue weighted by atomic mass is 9.41. The molecule has 1 aromatic heterocycles. The number of fused-ring (bicyclic) bond motifs is 14. The van der Waals surface area contributed by atoms with E-state index in [0.717, 1.165) is 42.9 Å². The molecule has 8 fully saturated rings. The minimum atomic E-state index is -1.36. The monoisotopic (exact) mass is 984 g/mol. The van der Waals surface area contributed by atoms with Crippen LogP contribution in [0.4, 0.5) is 0 Å². The van der Waals surface area contributed by atoms with E-state index < -0.39 is 46.9 Å². The third kappa shape index (κ3) is 7.00. The molecule has 378 valence electrons. The van der Waals surface area contributed by atoms with E-state index in [1.54, 1.807) is 35.3 Å². The van der Waals surface area contributed by atoms with Crippen LogP contribution in [0, 0.1) is 86.8 Å². The van der Waals surface area contributed by atoms with Crippen LogP contribution in [0.15, 0.2) is 57.7 Å². The number of hydrogen-bond donors (Lipinski definition) is 7. The number of allylic oxidation sites excluding steroid dienone is 3. The van der Waals surface area contributed by atoms with Crippen LogP contribution in [-0.2, 0) is 4.79 Å². The fourth-order valence-electron chi connectivity index (χ4n) is 20.2. The molecular formula is C56H81N5O6S2. The molecule has 10 aliphatic carbocycles. The topological polar surface area (TPSA) is 186 Å². The molecule has 20 unspecified atom stereocenters. The molecule has 0 amide bonds. The summed E-state index contributed by atoms with van der Waals surface area (Å²) in [5, 5.41) is 64.0. The molecular weight excluding hydrogens is 903 g/mol. The number of rotatable bonds is 4. The highest BCUT2D eigenvalue weighted by molar-refractivity contribution is 8.76. The minimum absolute atomic E-state index is 0.0297. The highest BCUT2D eigenvalue weighted by atomic mass is 33.1. The molecule has 11 aliphatic rings. The zero-order valence-electron chi connectivity index (χ0n) is 41.9. The van der Waals surface area contributed by atoms with Crippen molar-refractivity contribution < 1.29 is 30.3 Å². The number of imidazole rings is 1. The van der Waals surface area contributed by atoms with E-state index in [1.165, 1.54) is 57.8 Å². The lowest BCUT2D eigenvalue weighted by Gasteiger charge is -2.64. The van der Waals surface area contributed by atoms with E-state index >= 15 is 0 Å². The van der Waals surface area contributed by atoms with E-state index in [-0.39, 0.29) is 71.5 Å². The number of carbonyl (C=O) groups is 1. The third-order valence-electron chi connectivity index (χ3n) is 22.4. The summed E-state index contributed by atoms with van der Waals surface area (Å²) >= 11 is 0. The van der Waals surface area contributed by atoms with Crippen LogP contribution in [0.3, 0.4) is 0 Å². The molecule has 1 saturated heterocycles. The fourth-order valence-corrected chi connectivity index (χ4v) is 22.9.